The van der Waals surface area contributed by atoms with Crippen LogP contribution in [0.1, 0.15) is 59.3 Å². The first kappa shape index (κ1) is 21.1. The maximum Gasteiger partial charge on any atom is 0.306 e. The third-order valence-corrected chi connectivity index (χ3v) is 5.30. The van der Waals surface area contributed by atoms with Gasteiger partial charge in [0.15, 0.2) is 12.4 Å². The number of aryl methyl sites for hydroxylation is 2. The van der Waals surface area contributed by atoms with Gasteiger partial charge in [-0.25, -0.2) is 0 Å². The Kier molecular flexibility index (Phi) is 7.04. The van der Waals surface area contributed by atoms with Crippen molar-refractivity contribution >= 4 is 29.3 Å². The van der Waals surface area contributed by atoms with E-state index in [-0.39, 0.29) is 31.3 Å². The quantitative estimate of drug-likeness (QED) is 0.519. The van der Waals surface area contributed by atoms with Gasteiger partial charge in [0, 0.05) is 17.0 Å². The second-order valence-electron chi connectivity index (χ2n) is 7.27. The summed E-state index contributed by atoms with van der Waals surface area (Å²) in [5, 5.41) is 3.34. The van der Waals surface area contributed by atoms with Crippen LogP contribution < -0.4 is 5.32 Å². The molecule has 2 aromatic carbocycles. The van der Waals surface area contributed by atoms with Crippen molar-refractivity contribution in [2.24, 2.45) is 0 Å². The largest absolute Gasteiger partial charge is 0.456 e. The van der Waals surface area contributed by atoms with Crippen molar-refractivity contribution in [3.63, 3.8) is 0 Å². The highest BCUT2D eigenvalue weighted by atomic mass is 35.5. The van der Waals surface area contributed by atoms with E-state index in [9.17, 15) is 14.4 Å². The molecule has 5 nitrogen and oxygen atoms in total. The zero-order valence-corrected chi connectivity index (χ0v) is 17.1. The van der Waals surface area contributed by atoms with Gasteiger partial charge in [-0.2, -0.15) is 0 Å². The molecule has 0 saturated heterocycles. The second kappa shape index (κ2) is 9.70. The molecule has 0 fully saturated rings. The molecule has 0 aliphatic heterocycles. The number of ether oxygens (including phenoxy) is 1. The Hall–Kier alpha value is -2.66. The third-order valence-electron chi connectivity index (χ3n) is 5.07. The molecule has 1 aliphatic carbocycles. The number of ketones is 1. The van der Waals surface area contributed by atoms with E-state index in [1.807, 2.05) is 31.2 Å². The number of hydrogen-bond donors (Lipinski definition) is 1. The molecule has 152 valence electrons. The van der Waals surface area contributed by atoms with Gasteiger partial charge in [-0.05, 0) is 61.1 Å². The van der Waals surface area contributed by atoms with Gasteiger partial charge in [0.25, 0.3) is 5.91 Å². The molecule has 0 heterocycles. The van der Waals surface area contributed by atoms with Gasteiger partial charge in [-0.3, -0.25) is 14.4 Å². The lowest BCUT2D eigenvalue weighted by atomic mass is 10.0. The summed E-state index contributed by atoms with van der Waals surface area (Å²) in [6.45, 7) is 1.44. The molecule has 0 aromatic heterocycles. The topological polar surface area (TPSA) is 72.5 Å². The number of amides is 1. The highest BCUT2D eigenvalue weighted by Gasteiger charge is 2.16. The predicted molar refractivity (Wildman–Crippen MR) is 111 cm³/mol. The fourth-order valence-corrected chi connectivity index (χ4v) is 3.66. The summed E-state index contributed by atoms with van der Waals surface area (Å²) in [7, 11) is 0. The number of Topliss-reactive ketones (excluding diaryl/α,β-unsaturated/α-hetero) is 1. The maximum absolute atomic E-state index is 12.3. The molecular formula is C23H24ClNO4. The summed E-state index contributed by atoms with van der Waals surface area (Å²) in [5.41, 5.74) is 4.02. The normalized spacial score (nSPS) is 13.4. The zero-order chi connectivity index (χ0) is 20.8. The van der Waals surface area contributed by atoms with Crippen LogP contribution in [0.3, 0.4) is 0 Å². The summed E-state index contributed by atoms with van der Waals surface area (Å²) in [4.78, 5) is 36.2. The van der Waals surface area contributed by atoms with E-state index in [1.165, 1.54) is 11.1 Å². The van der Waals surface area contributed by atoms with Crippen LogP contribution in [0, 0.1) is 0 Å². The second-order valence-corrected chi connectivity index (χ2v) is 7.70. The van der Waals surface area contributed by atoms with Gasteiger partial charge in [-0.1, -0.05) is 35.9 Å². The summed E-state index contributed by atoms with van der Waals surface area (Å²) in [6.07, 6.45) is 3.21. The molecule has 0 saturated carbocycles. The van der Waals surface area contributed by atoms with E-state index < -0.39 is 11.9 Å². The third kappa shape index (κ3) is 5.91. The maximum atomic E-state index is 12.3. The fourth-order valence-electron chi connectivity index (χ4n) is 3.47. The molecule has 3 rings (SSSR count). The number of carbonyl (C=O) groups excluding carboxylic acids is 3. The van der Waals surface area contributed by atoms with Crippen molar-refractivity contribution in [3.05, 3.63) is 69.7 Å². The van der Waals surface area contributed by atoms with E-state index in [4.69, 9.17) is 16.3 Å². The summed E-state index contributed by atoms with van der Waals surface area (Å²) < 4.78 is 5.00. The average molecular weight is 414 g/mol. The molecule has 29 heavy (non-hydrogen) atoms. The number of carbonyl (C=O) groups is 3. The van der Waals surface area contributed by atoms with Crippen LogP contribution >= 0.6 is 11.6 Å². The Bertz CT molecular complexity index is 925. The minimum atomic E-state index is -0.565. The smallest absolute Gasteiger partial charge is 0.306 e. The average Bonchev–Trinajstić information content (AvgIpc) is 3.18. The Morgan fingerprint density at radius 1 is 1.07 bits per heavy atom. The SMILES string of the molecule is C[C@@H](NC(=O)COC(=O)CCC(=O)c1ccc2c(c1)CCC2)c1cccc(Cl)c1. The fraction of sp³-hybridized carbons (Fsp3) is 0.348. The predicted octanol–water partition coefficient (Wildman–Crippen LogP) is 4.21. The van der Waals surface area contributed by atoms with E-state index in [0.29, 0.717) is 10.6 Å². The molecular weight excluding hydrogens is 390 g/mol. The van der Waals surface area contributed by atoms with Gasteiger partial charge < -0.3 is 10.1 Å². The van der Waals surface area contributed by atoms with Crippen LogP contribution in [0.15, 0.2) is 42.5 Å². The number of fused-ring (bicyclic) bond motifs is 1. The molecule has 0 bridgehead atoms. The van der Waals surface area contributed by atoms with Crippen molar-refractivity contribution < 1.29 is 19.1 Å². The van der Waals surface area contributed by atoms with Crippen molar-refractivity contribution in [1.82, 2.24) is 5.32 Å². The number of nitrogens with one attached hydrogen (secondary N) is 1. The Labute approximate surface area is 175 Å². The first-order chi connectivity index (χ1) is 13.9. The van der Waals surface area contributed by atoms with Crippen LogP contribution in [0.25, 0.3) is 0 Å². The first-order valence-corrected chi connectivity index (χ1v) is 10.2. The highest BCUT2D eigenvalue weighted by Crippen LogP contribution is 2.23. The summed E-state index contributed by atoms with van der Waals surface area (Å²) in [5.74, 6) is -1.06. The van der Waals surface area contributed by atoms with Gasteiger partial charge in [0.05, 0.1) is 12.5 Å². The Morgan fingerprint density at radius 3 is 2.66 bits per heavy atom. The lowest BCUT2D eigenvalue weighted by molar-refractivity contribution is -0.148. The monoisotopic (exact) mass is 413 g/mol. The van der Waals surface area contributed by atoms with Crippen LogP contribution in [0.4, 0.5) is 0 Å². The highest BCUT2D eigenvalue weighted by molar-refractivity contribution is 6.30. The first-order valence-electron chi connectivity index (χ1n) is 9.78. The van der Waals surface area contributed by atoms with Crippen molar-refractivity contribution in [3.8, 4) is 0 Å². The van der Waals surface area contributed by atoms with E-state index in [1.54, 1.807) is 18.2 Å². The van der Waals surface area contributed by atoms with E-state index in [2.05, 4.69) is 5.32 Å². The van der Waals surface area contributed by atoms with E-state index in [0.717, 1.165) is 24.8 Å². The molecule has 1 atom stereocenters. The van der Waals surface area contributed by atoms with Crippen LogP contribution in [0.5, 0.6) is 0 Å². The molecule has 2 aromatic rings. The summed E-state index contributed by atoms with van der Waals surface area (Å²) in [6, 6.07) is 12.7. The van der Waals surface area contributed by atoms with Gasteiger partial charge in [0.2, 0.25) is 0 Å². The minimum absolute atomic E-state index is 0.0486. The van der Waals surface area contributed by atoms with Gasteiger partial charge in [-0.15, -0.1) is 0 Å². The van der Waals surface area contributed by atoms with Crippen LogP contribution in [-0.2, 0) is 27.2 Å². The number of esters is 1. The lowest BCUT2D eigenvalue weighted by Crippen LogP contribution is -2.31. The molecule has 1 amide bonds. The van der Waals surface area contributed by atoms with E-state index >= 15 is 0 Å². The molecule has 0 radical (unpaired) electrons. The van der Waals surface area contributed by atoms with Crippen molar-refractivity contribution in [2.75, 3.05) is 6.61 Å². The van der Waals surface area contributed by atoms with Gasteiger partial charge >= 0.3 is 5.97 Å². The number of rotatable bonds is 8. The number of hydrogen-bond acceptors (Lipinski definition) is 4. The molecule has 6 heteroatoms. The Morgan fingerprint density at radius 2 is 1.86 bits per heavy atom. The summed E-state index contributed by atoms with van der Waals surface area (Å²) >= 11 is 5.95. The number of halogens is 1. The standard InChI is InChI=1S/C23H24ClNO4/c1-15(17-5-3-7-20(24)13-17)25-22(27)14-29-23(28)11-10-21(26)19-9-8-16-4-2-6-18(16)12-19/h3,5,7-9,12-13,15H,2,4,6,10-11,14H2,1H3,(H,25,27)/t15-/m1/s1. The molecule has 0 spiro atoms. The molecule has 0 unspecified atom stereocenters. The van der Waals surface area contributed by atoms with Crippen LogP contribution in [-0.4, -0.2) is 24.3 Å². The lowest BCUT2D eigenvalue weighted by Gasteiger charge is -2.14. The van der Waals surface area contributed by atoms with Gasteiger partial charge in [0.1, 0.15) is 0 Å². The molecule has 1 N–H and O–H groups in total. The van der Waals surface area contributed by atoms with Crippen molar-refractivity contribution in [1.29, 1.82) is 0 Å². The van der Waals surface area contributed by atoms with Crippen LogP contribution in [0.2, 0.25) is 5.02 Å². The minimum Gasteiger partial charge on any atom is -0.456 e. The Balaban J connectivity index is 1.40. The zero-order valence-electron chi connectivity index (χ0n) is 16.4. The molecule has 1 aliphatic rings. The number of benzene rings is 2. The van der Waals surface area contributed by atoms with Crippen molar-refractivity contribution in [2.45, 2.75) is 45.1 Å².